The van der Waals surface area contributed by atoms with Gasteiger partial charge < -0.3 is 4.57 Å². The van der Waals surface area contributed by atoms with Gasteiger partial charge in [-0.05, 0) is 32.4 Å². The van der Waals surface area contributed by atoms with Crippen molar-refractivity contribution in [3.05, 3.63) is 104 Å². The molecule has 3 heterocycles. The number of benzene rings is 2. The van der Waals surface area contributed by atoms with E-state index in [4.69, 9.17) is 4.98 Å². The highest BCUT2D eigenvalue weighted by Gasteiger charge is 2.25. The van der Waals surface area contributed by atoms with Crippen LogP contribution < -0.4 is 11.2 Å². The molecule has 0 amide bonds. The average Bonchev–Trinajstić information content (AvgIpc) is 3.32. The summed E-state index contributed by atoms with van der Waals surface area (Å²) in [5.74, 6) is 0.131. The molecule has 0 saturated carbocycles. The van der Waals surface area contributed by atoms with Gasteiger partial charge in [0.1, 0.15) is 5.82 Å². The lowest BCUT2D eigenvalue weighted by Gasteiger charge is -2.16. The van der Waals surface area contributed by atoms with E-state index in [1.165, 1.54) is 10.6 Å². The normalized spacial score (nSPS) is 12.6. The van der Waals surface area contributed by atoms with Crippen molar-refractivity contribution in [1.29, 1.82) is 0 Å². The summed E-state index contributed by atoms with van der Waals surface area (Å²) in [7, 11) is 1.58. The number of imidazole rings is 2. The largest absolute Gasteiger partial charge is 0.332 e. The molecule has 0 fully saturated rings. The first kappa shape index (κ1) is 20.9. The predicted octanol–water partition coefficient (Wildman–Crippen LogP) is 3.56. The van der Waals surface area contributed by atoms with Gasteiger partial charge in [-0.1, -0.05) is 48.5 Å². The molecule has 0 aliphatic heterocycles. The number of nitrogens with zero attached hydrogens (tertiary/aromatic N) is 5. The Bertz CT molecular complexity index is 1640. The Labute approximate surface area is 189 Å². The van der Waals surface area contributed by atoms with E-state index in [1.807, 2.05) is 36.4 Å². The zero-order valence-electron chi connectivity index (χ0n) is 18.9. The van der Waals surface area contributed by atoms with Gasteiger partial charge in [-0.25, -0.2) is 9.18 Å². The monoisotopic (exact) mass is 445 g/mol. The molecule has 7 nitrogen and oxygen atoms in total. The van der Waals surface area contributed by atoms with Crippen LogP contribution in [-0.4, -0.2) is 23.1 Å². The predicted molar refractivity (Wildman–Crippen MR) is 125 cm³/mol. The molecule has 0 spiro atoms. The Morgan fingerprint density at radius 3 is 2.33 bits per heavy atom. The molecule has 0 saturated heterocycles. The lowest BCUT2D eigenvalue weighted by atomic mass is 10.1. The molecule has 0 aliphatic carbocycles. The van der Waals surface area contributed by atoms with E-state index in [0.717, 1.165) is 21.5 Å². The molecule has 0 radical (unpaired) electrons. The van der Waals surface area contributed by atoms with Gasteiger partial charge in [0.05, 0.1) is 12.6 Å². The average molecular weight is 445 g/mol. The molecule has 3 aromatic heterocycles. The van der Waals surface area contributed by atoms with E-state index in [2.05, 4.69) is 23.6 Å². The second-order valence-electron chi connectivity index (χ2n) is 8.37. The van der Waals surface area contributed by atoms with Crippen molar-refractivity contribution < 1.29 is 4.39 Å². The number of halogens is 1. The summed E-state index contributed by atoms with van der Waals surface area (Å²) in [4.78, 5) is 31.4. The summed E-state index contributed by atoms with van der Waals surface area (Å²) in [5, 5.41) is 0. The van der Waals surface area contributed by atoms with Gasteiger partial charge in [0.2, 0.25) is 5.78 Å². The number of fused-ring (bicyclic) bond motifs is 3. The molecule has 168 valence electrons. The molecule has 0 N–H and O–H groups in total. The van der Waals surface area contributed by atoms with Crippen LogP contribution in [0.25, 0.3) is 16.9 Å². The maximum absolute atomic E-state index is 14.3. The highest BCUT2D eigenvalue weighted by molar-refractivity contribution is 5.76. The number of rotatable bonds is 4. The topological polar surface area (TPSA) is 66.2 Å². The van der Waals surface area contributed by atoms with E-state index < -0.39 is 17.1 Å². The van der Waals surface area contributed by atoms with Crippen LogP contribution in [0.5, 0.6) is 0 Å². The maximum Gasteiger partial charge on any atom is 0.332 e. The third-order valence-electron chi connectivity index (χ3n) is 6.52. The lowest BCUT2D eigenvalue weighted by Crippen LogP contribution is -2.39. The van der Waals surface area contributed by atoms with Gasteiger partial charge in [0.15, 0.2) is 11.2 Å². The van der Waals surface area contributed by atoms with Gasteiger partial charge >= 0.3 is 5.69 Å². The summed E-state index contributed by atoms with van der Waals surface area (Å²) in [5.41, 5.74) is 2.82. The summed E-state index contributed by atoms with van der Waals surface area (Å²) in [6, 6.07) is 16.2. The molecule has 8 heteroatoms. The van der Waals surface area contributed by atoms with Gasteiger partial charge in [0.25, 0.3) is 5.56 Å². The summed E-state index contributed by atoms with van der Waals surface area (Å²) in [6.07, 6.45) is 0. The molecule has 0 bridgehead atoms. The highest BCUT2D eigenvalue weighted by atomic mass is 19.1. The fourth-order valence-corrected chi connectivity index (χ4v) is 4.56. The first-order chi connectivity index (χ1) is 15.8. The summed E-state index contributed by atoms with van der Waals surface area (Å²) >= 11 is 0. The van der Waals surface area contributed by atoms with Gasteiger partial charge in [-0.15, -0.1) is 0 Å². The van der Waals surface area contributed by atoms with Crippen LogP contribution in [0, 0.1) is 19.7 Å². The summed E-state index contributed by atoms with van der Waals surface area (Å²) < 4.78 is 20.6. The third-order valence-corrected chi connectivity index (χ3v) is 6.52. The zero-order chi connectivity index (χ0) is 23.4. The van der Waals surface area contributed by atoms with Crippen molar-refractivity contribution in [3.63, 3.8) is 0 Å². The van der Waals surface area contributed by atoms with Crippen LogP contribution in [0.3, 0.4) is 0 Å². The Morgan fingerprint density at radius 2 is 1.64 bits per heavy atom. The van der Waals surface area contributed by atoms with Crippen LogP contribution in [0.4, 0.5) is 4.39 Å². The molecule has 5 rings (SSSR count). The number of hydrogen-bond donors (Lipinski definition) is 0. The van der Waals surface area contributed by atoms with Crippen molar-refractivity contribution in [2.24, 2.45) is 7.05 Å². The van der Waals surface area contributed by atoms with E-state index in [0.29, 0.717) is 16.9 Å². The van der Waals surface area contributed by atoms with Crippen LogP contribution in [0.2, 0.25) is 0 Å². The van der Waals surface area contributed by atoms with Crippen LogP contribution in [0.1, 0.15) is 35.5 Å². The van der Waals surface area contributed by atoms with Crippen molar-refractivity contribution in [3.8, 4) is 0 Å². The van der Waals surface area contributed by atoms with E-state index in [1.54, 1.807) is 25.2 Å². The Balaban J connectivity index is 1.81. The first-order valence-electron chi connectivity index (χ1n) is 10.8. The zero-order valence-corrected chi connectivity index (χ0v) is 18.9. The molecule has 0 aliphatic rings. The van der Waals surface area contributed by atoms with Gasteiger partial charge in [-0.3, -0.25) is 18.3 Å². The maximum atomic E-state index is 14.3. The minimum Gasteiger partial charge on any atom is -0.307 e. The molecule has 5 aromatic rings. The van der Waals surface area contributed by atoms with Crippen LogP contribution >= 0.6 is 0 Å². The quantitative estimate of drug-likeness (QED) is 0.425. The highest BCUT2D eigenvalue weighted by Crippen LogP contribution is 2.27. The van der Waals surface area contributed by atoms with Crippen molar-refractivity contribution in [2.75, 3.05) is 0 Å². The number of aromatic nitrogens is 5. The molecule has 33 heavy (non-hydrogen) atoms. The van der Waals surface area contributed by atoms with Gasteiger partial charge in [0, 0.05) is 24.0 Å². The van der Waals surface area contributed by atoms with E-state index in [9.17, 15) is 14.0 Å². The fraction of sp³-hybridized carbons (Fsp3) is 0.240. The molecular weight excluding hydrogens is 421 g/mol. The van der Waals surface area contributed by atoms with Gasteiger partial charge in [-0.2, -0.15) is 4.98 Å². The van der Waals surface area contributed by atoms with Crippen LogP contribution in [0.15, 0.2) is 64.2 Å². The van der Waals surface area contributed by atoms with Crippen LogP contribution in [-0.2, 0) is 13.6 Å². The number of aryl methyl sites for hydroxylation is 2. The summed E-state index contributed by atoms with van der Waals surface area (Å²) in [6.45, 7) is 5.86. The fourth-order valence-electron chi connectivity index (χ4n) is 4.56. The van der Waals surface area contributed by atoms with Crippen molar-refractivity contribution >= 4 is 16.9 Å². The Hall–Kier alpha value is -3.94. The van der Waals surface area contributed by atoms with E-state index >= 15 is 0 Å². The minimum atomic E-state index is -0.534. The minimum absolute atomic E-state index is 0.0307. The van der Waals surface area contributed by atoms with Crippen molar-refractivity contribution in [1.82, 2.24) is 23.1 Å². The standard InChI is InChI=1S/C25H24FN5O2/c1-15-16(2)31-21-22(27-24(31)30(15)17(3)18-10-6-5-7-11-18)28(4)25(33)29(23(21)32)14-19-12-8-9-13-20(19)26/h5-13,17H,14H2,1-4H3/t17-/m1/s1. The Kier molecular flexibility index (Phi) is 4.81. The third kappa shape index (κ3) is 3.05. The second-order valence-corrected chi connectivity index (χ2v) is 8.37. The SMILES string of the molecule is Cc1c(C)n2c3c(=O)n(Cc4ccccc4F)c(=O)n(C)c3nc2n1[C@H](C)c1ccccc1. The smallest absolute Gasteiger partial charge is 0.307 e. The molecular formula is C25H24FN5O2. The first-order valence-corrected chi connectivity index (χ1v) is 10.8. The second kappa shape index (κ2) is 7.58. The number of hydrogen-bond acceptors (Lipinski definition) is 3. The Morgan fingerprint density at radius 1 is 0.970 bits per heavy atom. The molecule has 1 atom stereocenters. The lowest BCUT2D eigenvalue weighted by molar-refractivity contribution is 0.582. The molecule has 0 unspecified atom stereocenters. The molecule has 2 aromatic carbocycles. The van der Waals surface area contributed by atoms with Crippen molar-refractivity contribution in [2.45, 2.75) is 33.4 Å². The van der Waals surface area contributed by atoms with E-state index in [-0.39, 0.29) is 18.2 Å².